The summed E-state index contributed by atoms with van der Waals surface area (Å²) in [5.41, 5.74) is 1.35. The molecule has 1 amide bonds. The zero-order valence-corrected chi connectivity index (χ0v) is 14.4. The Morgan fingerprint density at radius 3 is 2.88 bits per heavy atom. The summed E-state index contributed by atoms with van der Waals surface area (Å²) in [4.78, 5) is 16.0. The summed E-state index contributed by atoms with van der Waals surface area (Å²) in [6.07, 6.45) is 3.07. The first-order valence-corrected chi connectivity index (χ1v) is 7.93. The fraction of sp³-hybridized carbons (Fsp3) is 0.200. The Hall–Kier alpha value is -2.55. The van der Waals surface area contributed by atoms with Crippen molar-refractivity contribution >= 4 is 27.8 Å². The van der Waals surface area contributed by atoms with E-state index in [9.17, 15) is 9.18 Å². The number of rotatable bonds is 5. The van der Waals surface area contributed by atoms with Crippen LogP contribution in [0.2, 0.25) is 0 Å². The molecule has 9 heteroatoms. The van der Waals surface area contributed by atoms with Gasteiger partial charge in [0.2, 0.25) is 11.9 Å². The maximum Gasteiger partial charge on any atom is 0.248 e. The SMILES string of the molecule is Cc1c(Br)cnn1CC(=O)Nc1ncn(Cc2ccccc2F)n1. The Labute approximate surface area is 145 Å². The minimum absolute atomic E-state index is 0.0548. The molecule has 0 saturated heterocycles. The van der Waals surface area contributed by atoms with Crippen LogP contribution in [-0.4, -0.2) is 30.5 Å². The van der Waals surface area contributed by atoms with Crippen molar-refractivity contribution in [2.45, 2.75) is 20.0 Å². The van der Waals surface area contributed by atoms with E-state index in [1.54, 1.807) is 29.1 Å². The van der Waals surface area contributed by atoms with Crippen LogP contribution in [0, 0.1) is 12.7 Å². The highest BCUT2D eigenvalue weighted by molar-refractivity contribution is 9.10. The molecule has 1 N–H and O–H groups in total. The van der Waals surface area contributed by atoms with Crippen molar-refractivity contribution in [2.75, 3.05) is 5.32 Å². The monoisotopic (exact) mass is 392 g/mol. The lowest BCUT2D eigenvalue weighted by atomic mass is 10.2. The Morgan fingerprint density at radius 2 is 2.17 bits per heavy atom. The summed E-state index contributed by atoms with van der Waals surface area (Å²) in [5, 5.41) is 10.8. The second-order valence-corrected chi connectivity index (χ2v) is 6.00. The number of hydrogen-bond acceptors (Lipinski definition) is 4. The van der Waals surface area contributed by atoms with Crippen LogP contribution in [0.15, 0.2) is 41.3 Å². The first kappa shape index (κ1) is 16.3. The van der Waals surface area contributed by atoms with Crippen molar-refractivity contribution in [3.63, 3.8) is 0 Å². The predicted octanol–water partition coefficient (Wildman–Crippen LogP) is 2.37. The van der Waals surface area contributed by atoms with Gasteiger partial charge >= 0.3 is 0 Å². The predicted molar refractivity (Wildman–Crippen MR) is 88.8 cm³/mol. The van der Waals surface area contributed by atoms with Gasteiger partial charge in [-0.15, -0.1) is 5.10 Å². The van der Waals surface area contributed by atoms with Gasteiger partial charge in [0, 0.05) is 5.56 Å². The van der Waals surface area contributed by atoms with E-state index in [2.05, 4.69) is 36.4 Å². The van der Waals surface area contributed by atoms with Gasteiger partial charge in [0.15, 0.2) is 0 Å². The second kappa shape index (κ2) is 6.91. The third-order valence-corrected chi connectivity index (χ3v) is 4.19. The zero-order valence-electron chi connectivity index (χ0n) is 12.8. The smallest absolute Gasteiger partial charge is 0.248 e. The van der Waals surface area contributed by atoms with Crippen LogP contribution in [0.5, 0.6) is 0 Å². The Morgan fingerprint density at radius 1 is 1.38 bits per heavy atom. The maximum absolute atomic E-state index is 13.6. The lowest BCUT2D eigenvalue weighted by molar-refractivity contribution is -0.117. The summed E-state index contributed by atoms with van der Waals surface area (Å²) < 4.78 is 17.5. The Kier molecular flexibility index (Phi) is 4.70. The molecule has 0 aliphatic heterocycles. The molecular weight excluding hydrogens is 379 g/mol. The molecule has 0 aliphatic rings. The van der Waals surface area contributed by atoms with Crippen molar-refractivity contribution < 1.29 is 9.18 Å². The van der Waals surface area contributed by atoms with Crippen molar-refractivity contribution in [1.82, 2.24) is 24.5 Å². The van der Waals surface area contributed by atoms with Gasteiger partial charge in [0.25, 0.3) is 0 Å². The number of halogens is 2. The van der Waals surface area contributed by atoms with Gasteiger partial charge in [0.05, 0.1) is 22.9 Å². The quantitative estimate of drug-likeness (QED) is 0.722. The van der Waals surface area contributed by atoms with Gasteiger partial charge in [-0.05, 0) is 28.9 Å². The maximum atomic E-state index is 13.6. The van der Waals surface area contributed by atoms with E-state index in [1.165, 1.54) is 17.1 Å². The van der Waals surface area contributed by atoms with Gasteiger partial charge in [-0.3, -0.25) is 14.8 Å². The van der Waals surface area contributed by atoms with Crippen molar-refractivity contribution in [3.05, 3.63) is 58.3 Å². The lowest BCUT2D eigenvalue weighted by Crippen LogP contribution is -2.21. The molecule has 0 aliphatic carbocycles. The average Bonchev–Trinajstić information content (AvgIpc) is 3.11. The molecule has 2 heterocycles. The molecule has 1 aromatic carbocycles. The number of carbonyl (C=O) groups excluding carboxylic acids is 1. The Balaban J connectivity index is 1.62. The molecule has 7 nitrogen and oxygen atoms in total. The lowest BCUT2D eigenvalue weighted by Gasteiger charge is -2.04. The molecule has 3 rings (SSSR count). The first-order chi connectivity index (χ1) is 11.5. The number of aromatic nitrogens is 5. The second-order valence-electron chi connectivity index (χ2n) is 5.14. The highest BCUT2D eigenvalue weighted by atomic mass is 79.9. The fourth-order valence-corrected chi connectivity index (χ4v) is 2.41. The number of benzene rings is 1. The highest BCUT2D eigenvalue weighted by Crippen LogP contribution is 2.14. The summed E-state index contributed by atoms with van der Waals surface area (Å²) in [6.45, 7) is 2.14. The minimum Gasteiger partial charge on any atom is -0.292 e. The summed E-state index contributed by atoms with van der Waals surface area (Å²) in [6, 6.07) is 6.44. The number of carbonyl (C=O) groups is 1. The minimum atomic E-state index is -0.307. The third kappa shape index (κ3) is 3.67. The number of hydrogen-bond donors (Lipinski definition) is 1. The topological polar surface area (TPSA) is 77.6 Å². The van der Waals surface area contributed by atoms with Crippen LogP contribution in [0.1, 0.15) is 11.3 Å². The van der Waals surface area contributed by atoms with Gasteiger partial charge in [-0.1, -0.05) is 18.2 Å². The standard InChI is InChI=1S/C15H14BrFN6O/c1-10-12(16)6-19-23(10)8-14(24)20-15-18-9-22(21-15)7-11-4-2-3-5-13(11)17/h2-6,9H,7-8H2,1H3,(H,20,21,24). The van der Waals surface area contributed by atoms with Crippen LogP contribution in [0.3, 0.4) is 0 Å². The van der Waals surface area contributed by atoms with E-state index in [0.29, 0.717) is 5.56 Å². The van der Waals surface area contributed by atoms with Crippen molar-refractivity contribution in [1.29, 1.82) is 0 Å². The van der Waals surface area contributed by atoms with Crippen molar-refractivity contribution in [2.24, 2.45) is 0 Å². The highest BCUT2D eigenvalue weighted by Gasteiger charge is 2.11. The van der Waals surface area contributed by atoms with Crippen LogP contribution >= 0.6 is 15.9 Å². The molecule has 24 heavy (non-hydrogen) atoms. The summed E-state index contributed by atoms with van der Waals surface area (Å²) in [7, 11) is 0. The molecular formula is C15H14BrFN6O. The number of nitrogens with one attached hydrogen (secondary N) is 1. The zero-order chi connectivity index (χ0) is 17.1. The molecule has 3 aromatic rings. The van der Waals surface area contributed by atoms with Gasteiger partial charge < -0.3 is 0 Å². The number of nitrogens with zero attached hydrogens (tertiary/aromatic N) is 5. The van der Waals surface area contributed by atoms with Crippen LogP contribution in [0.4, 0.5) is 10.3 Å². The van der Waals surface area contributed by atoms with E-state index < -0.39 is 0 Å². The number of anilines is 1. The molecule has 0 saturated carbocycles. The summed E-state index contributed by atoms with van der Waals surface area (Å²) in [5.74, 6) is -0.434. The third-order valence-electron chi connectivity index (χ3n) is 3.41. The van der Waals surface area contributed by atoms with E-state index in [1.807, 2.05) is 6.92 Å². The van der Waals surface area contributed by atoms with E-state index >= 15 is 0 Å². The fourth-order valence-electron chi connectivity index (χ4n) is 2.11. The van der Waals surface area contributed by atoms with Gasteiger partial charge in [-0.25, -0.2) is 14.1 Å². The van der Waals surface area contributed by atoms with E-state index in [0.717, 1.165) is 10.2 Å². The molecule has 0 atom stereocenters. The Bertz CT molecular complexity index is 874. The van der Waals surface area contributed by atoms with Gasteiger partial charge in [-0.2, -0.15) is 5.10 Å². The summed E-state index contributed by atoms with van der Waals surface area (Å²) >= 11 is 3.34. The normalized spacial score (nSPS) is 10.8. The van der Waals surface area contributed by atoms with Crippen molar-refractivity contribution in [3.8, 4) is 0 Å². The first-order valence-electron chi connectivity index (χ1n) is 7.13. The van der Waals surface area contributed by atoms with E-state index in [4.69, 9.17) is 0 Å². The van der Waals surface area contributed by atoms with Gasteiger partial charge in [0.1, 0.15) is 18.7 Å². The largest absolute Gasteiger partial charge is 0.292 e. The molecule has 0 fully saturated rings. The molecule has 124 valence electrons. The molecule has 0 bridgehead atoms. The molecule has 0 unspecified atom stereocenters. The molecule has 2 aromatic heterocycles. The van der Waals surface area contributed by atoms with E-state index in [-0.39, 0.29) is 30.8 Å². The van der Waals surface area contributed by atoms with Crippen LogP contribution in [-0.2, 0) is 17.9 Å². The number of amides is 1. The van der Waals surface area contributed by atoms with Crippen LogP contribution < -0.4 is 5.32 Å². The van der Waals surface area contributed by atoms with Crippen LogP contribution in [0.25, 0.3) is 0 Å². The average molecular weight is 393 g/mol. The molecule has 0 radical (unpaired) electrons. The molecule has 0 spiro atoms.